The van der Waals surface area contributed by atoms with E-state index in [9.17, 15) is 28.9 Å². The molecule has 12 heteroatoms. The van der Waals surface area contributed by atoms with Crippen LogP contribution < -0.4 is 0 Å². The van der Waals surface area contributed by atoms with Crippen molar-refractivity contribution >= 4 is 25.7 Å². The molecule has 0 aliphatic carbocycles. The molecule has 0 rings (SSSR count). The standard InChI is InChI=1S/C62H105O11P/c1-4-7-10-13-16-19-22-25-27-29-31-34-36-39-42-45-48-51-60(64)69-55-59(73-62(66)53-50-47-44-41-38-35-32-30-28-26-23-20-17-14-11-8-5-2)57-71-74(67,68)70-56-58(54-63)72-61(65)52-49-46-43-40-37-33-24-21-18-15-12-9-6-3/h8-9,11-12,17-18,20-21,26,28,32-33,35,37,41,44,58-59,63H,4-7,10,13-16,19,22-25,27,29-31,34,36,38-40,42-43,45-57H2,1-3H3,(H,67,68)/b11-8-,12-9-,20-17-,21-18-,28-26-,35-32-,37-33-,44-41-. The van der Waals surface area contributed by atoms with E-state index in [0.717, 1.165) is 89.9 Å². The van der Waals surface area contributed by atoms with Crippen molar-refractivity contribution in [1.82, 2.24) is 0 Å². The molecule has 0 amide bonds. The van der Waals surface area contributed by atoms with E-state index in [0.29, 0.717) is 25.7 Å². The second kappa shape index (κ2) is 55.6. The summed E-state index contributed by atoms with van der Waals surface area (Å²) in [5.41, 5.74) is 0. The van der Waals surface area contributed by atoms with Crippen LogP contribution >= 0.6 is 7.82 Å². The molecule has 3 atom stereocenters. The number of rotatable bonds is 53. The molecule has 424 valence electrons. The van der Waals surface area contributed by atoms with E-state index in [4.69, 9.17) is 23.3 Å². The lowest BCUT2D eigenvalue weighted by atomic mass is 10.0. The Morgan fingerprint density at radius 3 is 1.14 bits per heavy atom. The number of aliphatic hydroxyl groups is 1. The maximum atomic E-state index is 12.9. The van der Waals surface area contributed by atoms with Crippen LogP contribution in [0.1, 0.15) is 239 Å². The Balaban J connectivity index is 4.83. The molecule has 0 radical (unpaired) electrons. The van der Waals surface area contributed by atoms with Gasteiger partial charge in [0.25, 0.3) is 0 Å². The number of carbonyl (C=O) groups is 3. The van der Waals surface area contributed by atoms with Crippen molar-refractivity contribution in [1.29, 1.82) is 0 Å². The predicted octanol–water partition coefficient (Wildman–Crippen LogP) is 17.3. The maximum Gasteiger partial charge on any atom is 0.472 e. The normalized spacial score (nSPS) is 14.1. The van der Waals surface area contributed by atoms with Crippen LogP contribution in [0.3, 0.4) is 0 Å². The largest absolute Gasteiger partial charge is 0.472 e. The van der Waals surface area contributed by atoms with Crippen molar-refractivity contribution < 1.29 is 52.2 Å². The van der Waals surface area contributed by atoms with Crippen molar-refractivity contribution in [2.45, 2.75) is 251 Å². The van der Waals surface area contributed by atoms with Crippen LogP contribution in [0.2, 0.25) is 0 Å². The molecular weight excluding hydrogens is 952 g/mol. The summed E-state index contributed by atoms with van der Waals surface area (Å²) in [4.78, 5) is 48.5. The van der Waals surface area contributed by atoms with E-state index in [-0.39, 0.29) is 25.9 Å². The SMILES string of the molecule is CC/C=C\C/C=C\C/C=C\C/C=C\C/C=C\CCCC(=O)OC(COC(=O)CCCCCCCCCCCCCCCCCCC)COP(=O)(O)OCC(CO)OC(=O)CCCCC/C=C\C/C=C\C/C=C\CC. The first-order valence-corrected chi connectivity index (χ1v) is 30.6. The van der Waals surface area contributed by atoms with Crippen molar-refractivity contribution in [2.75, 3.05) is 26.4 Å². The molecule has 74 heavy (non-hydrogen) atoms. The summed E-state index contributed by atoms with van der Waals surface area (Å²) in [5.74, 6) is -1.57. The van der Waals surface area contributed by atoms with Crippen molar-refractivity contribution in [2.24, 2.45) is 0 Å². The van der Waals surface area contributed by atoms with Crippen molar-refractivity contribution in [3.63, 3.8) is 0 Å². The first-order chi connectivity index (χ1) is 36.2. The Morgan fingerprint density at radius 1 is 0.392 bits per heavy atom. The Morgan fingerprint density at radius 2 is 0.716 bits per heavy atom. The molecule has 0 heterocycles. The number of aliphatic hydroxyl groups excluding tert-OH is 1. The fourth-order valence-electron chi connectivity index (χ4n) is 7.64. The smallest absolute Gasteiger partial charge is 0.462 e. The first-order valence-electron chi connectivity index (χ1n) is 29.1. The van der Waals surface area contributed by atoms with Gasteiger partial charge in [0, 0.05) is 19.3 Å². The molecule has 3 unspecified atom stereocenters. The summed E-state index contributed by atoms with van der Waals surface area (Å²) in [6.45, 7) is 4.33. The Labute approximate surface area is 451 Å². The second-order valence-electron chi connectivity index (χ2n) is 19.0. The van der Waals surface area contributed by atoms with Gasteiger partial charge in [-0.3, -0.25) is 23.4 Å². The third-order valence-corrected chi connectivity index (χ3v) is 13.0. The number of allylic oxidation sites excluding steroid dienone is 16. The minimum absolute atomic E-state index is 0.0847. The summed E-state index contributed by atoms with van der Waals surface area (Å²) < 4.78 is 39.4. The van der Waals surface area contributed by atoms with E-state index in [1.165, 1.54) is 83.5 Å². The van der Waals surface area contributed by atoms with Crippen LogP contribution in [0, 0.1) is 0 Å². The van der Waals surface area contributed by atoms with Crippen LogP contribution in [0.25, 0.3) is 0 Å². The zero-order chi connectivity index (χ0) is 54.1. The van der Waals surface area contributed by atoms with Gasteiger partial charge in [0.05, 0.1) is 19.8 Å². The molecule has 0 saturated heterocycles. The van der Waals surface area contributed by atoms with Crippen LogP contribution in [0.5, 0.6) is 0 Å². The third-order valence-electron chi connectivity index (χ3n) is 12.0. The summed E-state index contributed by atoms with van der Waals surface area (Å²) >= 11 is 0. The van der Waals surface area contributed by atoms with E-state index in [2.05, 4.69) is 106 Å². The van der Waals surface area contributed by atoms with E-state index in [1.807, 2.05) is 12.2 Å². The van der Waals surface area contributed by atoms with Gasteiger partial charge < -0.3 is 24.2 Å². The highest BCUT2D eigenvalue weighted by atomic mass is 31.2. The molecule has 0 aromatic rings. The van der Waals surface area contributed by atoms with Gasteiger partial charge in [-0.15, -0.1) is 0 Å². The molecule has 2 N–H and O–H groups in total. The van der Waals surface area contributed by atoms with Crippen LogP contribution in [0.4, 0.5) is 0 Å². The molecule has 0 aromatic heterocycles. The number of unbranched alkanes of at least 4 members (excludes halogenated alkanes) is 20. The van der Waals surface area contributed by atoms with E-state index < -0.39 is 57.8 Å². The number of carbonyl (C=O) groups excluding carboxylic acids is 3. The topological polar surface area (TPSA) is 155 Å². The molecule has 0 aliphatic heterocycles. The average molecular weight is 1060 g/mol. The Kier molecular flexibility index (Phi) is 52.9. The predicted molar refractivity (Wildman–Crippen MR) is 307 cm³/mol. The zero-order valence-corrected chi connectivity index (χ0v) is 47.7. The lowest BCUT2D eigenvalue weighted by Crippen LogP contribution is -2.30. The number of hydrogen-bond acceptors (Lipinski definition) is 10. The summed E-state index contributed by atoms with van der Waals surface area (Å²) in [6.07, 6.45) is 65.2. The Hall–Kier alpha value is -3.60. The molecule has 0 bridgehead atoms. The molecule has 0 aliphatic rings. The minimum Gasteiger partial charge on any atom is -0.462 e. The number of phosphoric acid groups is 1. The quantitative estimate of drug-likeness (QED) is 0.0197. The average Bonchev–Trinajstić information content (AvgIpc) is 3.39. The number of ether oxygens (including phenoxy) is 3. The van der Waals surface area contributed by atoms with Gasteiger partial charge in [-0.25, -0.2) is 4.57 Å². The fourth-order valence-corrected chi connectivity index (χ4v) is 8.43. The highest BCUT2D eigenvalue weighted by molar-refractivity contribution is 7.47. The van der Waals surface area contributed by atoms with Crippen LogP contribution in [0.15, 0.2) is 97.2 Å². The van der Waals surface area contributed by atoms with Crippen molar-refractivity contribution in [3.05, 3.63) is 97.2 Å². The van der Waals surface area contributed by atoms with Gasteiger partial charge in [0.1, 0.15) is 12.7 Å². The first kappa shape index (κ1) is 70.4. The zero-order valence-electron chi connectivity index (χ0n) is 46.8. The molecule has 0 saturated carbocycles. The minimum atomic E-state index is -4.77. The number of esters is 3. The van der Waals surface area contributed by atoms with Crippen LogP contribution in [-0.2, 0) is 42.2 Å². The van der Waals surface area contributed by atoms with Gasteiger partial charge in [0.2, 0.25) is 0 Å². The van der Waals surface area contributed by atoms with E-state index in [1.54, 1.807) is 0 Å². The van der Waals surface area contributed by atoms with E-state index >= 15 is 0 Å². The van der Waals surface area contributed by atoms with Gasteiger partial charge >= 0.3 is 25.7 Å². The fraction of sp³-hybridized carbons (Fsp3) is 0.694. The summed E-state index contributed by atoms with van der Waals surface area (Å²) in [6, 6.07) is 0. The highest BCUT2D eigenvalue weighted by Crippen LogP contribution is 2.43. The second-order valence-corrected chi connectivity index (χ2v) is 20.5. The van der Waals surface area contributed by atoms with Gasteiger partial charge in [-0.2, -0.15) is 0 Å². The van der Waals surface area contributed by atoms with Crippen molar-refractivity contribution in [3.8, 4) is 0 Å². The lowest BCUT2D eigenvalue weighted by Gasteiger charge is -2.21. The van der Waals surface area contributed by atoms with Gasteiger partial charge in [-0.1, -0.05) is 227 Å². The lowest BCUT2D eigenvalue weighted by molar-refractivity contribution is -0.161. The number of hydrogen-bond donors (Lipinski definition) is 2. The molecular formula is C62H105O11P. The van der Waals surface area contributed by atoms with Gasteiger partial charge in [0.15, 0.2) is 6.10 Å². The third kappa shape index (κ3) is 53.2. The molecule has 0 aromatic carbocycles. The molecule has 0 fully saturated rings. The number of phosphoric ester groups is 1. The summed E-state index contributed by atoms with van der Waals surface area (Å²) in [7, 11) is -4.77. The molecule has 11 nitrogen and oxygen atoms in total. The van der Waals surface area contributed by atoms with Gasteiger partial charge in [-0.05, 0) is 89.9 Å². The maximum absolute atomic E-state index is 12.9. The molecule has 0 spiro atoms. The monoisotopic (exact) mass is 1060 g/mol. The van der Waals surface area contributed by atoms with Crippen LogP contribution in [-0.4, -0.2) is 66.5 Å². The summed E-state index contributed by atoms with van der Waals surface area (Å²) in [5, 5.41) is 9.80. The highest BCUT2D eigenvalue weighted by Gasteiger charge is 2.28. The Bertz CT molecular complexity index is 1610.